The van der Waals surface area contributed by atoms with Crippen molar-refractivity contribution in [2.45, 2.75) is 26.2 Å². The van der Waals surface area contributed by atoms with Crippen LogP contribution >= 0.6 is 11.6 Å². The highest BCUT2D eigenvalue weighted by Crippen LogP contribution is 2.31. The Balaban J connectivity index is 1.51. The lowest BCUT2D eigenvalue weighted by molar-refractivity contribution is 0.107. The Morgan fingerprint density at radius 2 is 1.84 bits per heavy atom. The molecule has 0 saturated heterocycles. The van der Waals surface area contributed by atoms with Crippen LogP contribution in [0.4, 0.5) is 0 Å². The molecule has 0 saturated carbocycles. The van der Waals surface area contributed by atoms with Crippen molar-refractivity contribution < 1.29 is 14.6 Å². The molecule has 1 aromatic heterocycles. The van der Waals surface area contributed by atoms with Gasteiger partial charge in [0, 0.05) is 12.1 Å². The Morgan fingerprint density at radius 3 is 2.58 bits per heavy atom. The number of fused-ring (bicyclic) bond motifs is 1. The summed E-state index contributed by atoms with van der Waals surface area (Å²) in [6.07, 6.45) is -0.802. The molecule has 7 heteroatoms. The maximum atomic E-state index is 11.1. The van der Waals surface area contributed by atoms with E-state index in [9.17, 15) is 5.11 Å². The topological polar surface area (TPSA) is 69.4 Å². The average molecular weight is 438 g/mol. The molecule has 0 aliphatic rings. The molecule has 0 bridgehead atoms. The molecule has 4 aromatic rings. The first kappa shape index (κ1) is 21.3. The van der Waals surface area contributed by atoms with Crippen LogP contribution in [0, 0.1) is 6.92 Å². The summed E-state index contributed by atoms with van der Waals surface area (Å²) in [6, 6.07) is 17.1. The van der Waals surface area contributed by atoms with Gasteiger partial charge in [-0.1, -0.05) is 41.1 Å². The number of benzene rings is 3. The van der Waals surface area contributed by atoms with E-state index in [1.54, 1.807) is 17.9 Å². The number of aromatic nitrogens is 3. The Kier molecular flexibility index (Phi) is 6.23. The normalized spacial score (nSPS) is 12.3. The molecule has 1 atom stereocenters. The maximum absolute atomic E-state index is 11.1. The quantitative estimate of drug-likeness (QED) is 0.452. The van der Waals surface area contributed by atoms with Gasteiger partial charge >= 0.3 is 0 Å². The van der Waals surface area contributed by atoms with Gasteiger partial charge in [-0.15, -0.1) is 5.10 Å². The largest absolute Gasteiger partial charge is 0.497 e. The van der Waals surface area contributed by atoms with Gasteiger partial charge in [0.25, 0.3) is 0 Å². The van der Waals surface area contributed by atoms with Gasteiger partial charge in [-0.05, 0) is 65.1 Å². The summed E-state index contributed by atoms with van der Waals surface area (Å²) in [5.41, 5.74) is 6.03. The molecule has 0 aliphatic heterocycles. The predicted molar refractivity (Wildman–Crippen MR) is 120 cm³/mol. The van der Waals surface area contributed by atoms with E-state index in [0.717, 1.165) is 44.6 Å². The van der Waals surface area contributed by atoms with E-state index >= 15 is 0 Å². The Hall–Kier alpha value is -2.93. The highest BCUT2D eigenvalue weighted by molar-refractivity contribution is 6.31. The number of aryl methyl sites for hydroxylation is 2. The lowest BCUT2D eigenvalue weighted by Crippen LogP contribution is -2.04. The predicted octanol–water partition coefficient (Wildman–Crippen LogP) is 4.74. The summed E-state index contributed by atoms with van der Waals surface area (Å²) in [5.74, 6) is 0.809. The number of ether oxygens (including phenoxy) is 2. The first-order valence-electron chi connectivity index (χ1n) is 9.94. The fraction of sp³-hybridized carbons (Fsp3) is 0.250. The second kappa shape index (κ2) is 9.06. The third-order valence-electron chi connectivity index (χ3n) is 5.44. The zero-order valence-electron chi connectivity index (χ0n) is 17.7. The van der Waals surface area contributed by atoms with Crippen LogP contribution in [-0.2, 0) is 25.0 Å². The first-order chi connectivity index (χ1) is 15.0. The standard InChI is InChI=1S/C24H24ClN3O3/c1-15-20(9-11-22-23(15)26-27-28(22)2)24(29)17-6-10-21(25)18(12-17)14-31-13-16-4-7-19(30-3)8-5-16/h4-12,24,29H,13-14H2,1-3H3. The number of hydrogen-bond donors (Lipinski definition) is 1. The van der Waals surface area contributed by atoms with Gasteiger partial charge < -0.3 is 14.6 Å². The lowest BCUT2D eigenvalue weighted by atomic mass is 9.95. The van der Waals surface area contributed by atoms with Crippen LogP contribution < -0.4 is 4.74 Å². The summed E-state index contributed by atoms with van der Waals surface area (Å²) in [5, 5.41) is 19.9. The lowest BCUT2D eigenvalue weighted by Gasteiger charge is -2.16. The molecule has 0 aliphatic carbocycles. The van der Waals surface area contributed by atoms with Crippen LogP contribution in [0.25, 0.3) is 11.0 Å². The molecule has 1 N–H and O–H groups in total. The second-order valence-electron chi connectivity index (χ2n) is 7.45. The van der Waals surface area contributed by atoms with Gasteiger partial charge in [0.2, 0.25) is 0 Å². The molecular weight excluding hydrogens is 414 g/mol. The van der Waals surface area contributed by atoms with Gasteiger partial charge in [-0.25, -0.2) is 4.68 Å². The summed E-state index contributed by atoms with van der Waals surface area (Å²) < 4.78 is 12.8. The maximum Gasteiger partial charge on any atom is 0.118 e. The Labute approximate surface area is 186 Å². The fourth-order valence-electron chi connectivity index (χ4n) is 3.60. The second-order valence-corrected chi connectivity index (χ2v) is 7.86. The monoisotopic (exact) mass is 437 g/mol. The molecule has 0 radical (unpaired) electrons. The number of hydrogen-bond acceptors (Lipinski definition) is 5. The number of aliphatic hydroxyl groups is 1. The van der Waals surface area contributed by atoms with Gasteiger partial charge in [0.15, 0.2) is 0 Å². The number of nitrogens with zero attached hydrogens (tertiary/aromatic N) is 3. The minimum absolute atomic E-state index is 0.341. The Morgan fingerprint density at radius 1 is 1.06 bits per heavy atom. The van der Waals surface area contributed by atoms with Crippen LogP contribution in [0.3, 0.4) is 0 Å². The van der Waals surface area contributed by atoms with Crippen molar-refractivity contribution in [3.05, 3.63) is 87.4 Å². The van der Waals surface area contributed by atoms with Crippen LogP contribution in [0.2, 0.25) is 5.02 Å². The molecule has 6 nitrogen and oxygen atoms in total. The molecule has 1 heterocycles. The van der Waals surface area contributed by atoms with Crippen molar-refractivity contribution in [1.82, 2.24) is 15.0 Å². The number of methoxy groups -OCH3 is 1. The van der Waals surface area contributed by atoms with Crippen LogP contribution in [0.15, 0.2) is 54.6 Å². The molecule has 0 amide bonds. The zero-order valence-corrected chi connectivity index (χ0v) is 18.4. The van der Waals surface area contributed by atoms with Gasteiger partial charge in [0.05, 0.1) is 25.8 Å². The Bertz CT molecular complexity index is 1200. The fourth-order valence-corrected chi connectivity index (χ4v) is 3.77. The van der Waals surface area contributed by atoms with Crippen molar-refractivity contribution in [2.24, 2.45) is 7.05 Å². The van der Waals surface area contributed by atoms with E-state index < -0.39 is 6.10 Å². The highest BCUT2D eigenvalue weighted by Gasteiger charge is 2.18. The smallest absolute Gasteiger partial charge is 0.118 e. The minimum Gasteiger partial charge on any atom is -0.497 e. The molecule has 31 heavy (non-hydrogen) atoms. The van der Waals surface area contributed by atoms with Crippen molar-refractivity contribution in [1.29, 1.82) is 0 Å². The molecule has 0 fully saturated rings. The first-order valence-corrected chi connectivity index (χ1v) is 10.3. The summed E-state index contributed by atoms with van der Waals surface area (Å²) in [7, 11) is 3.49. The molecule has 0 spiro atoms. The summed E-state index contributed by atoms with van der Waals surface area (Å²) in [6.45, 7) is 2.74. The van der Waals surface area contributed by atoms with Crippen molar-refractivity contribution in [2.75, 3.05) is 7.11 Å². The molecule has 3 aromatic carbocycles. The van der Waals surface area contributed by atoms with E-state index in [-0.39, 0.29) is 0 Å². The SMILES string of the molecule is COc1ccc(COCc2cc(C(O)c3ccc4c(nnn4C)c3C)ccc2Cl)cc1. The van der Waals surface area contributed by atoms with Crippen molar-refractivity contribution >= 4 is 22.6 Å². The molecular formula is C24H24ClN3O3. The van der Waals surface area contributed by atoms with E-state index in [1.807, 2.05) is 62.5 Å². The van der Waals surface area contributed by atoms with Gasteiger partial charge in [-0.2, -0.15) is 0 Å². The number of rotatable bonds is 7. The minimum atomic E-state index is -0.802. The van der Waals surface area contributed by atoms with Gasteiger partial charge in [0.1, 0.15) is 17.4 Å². The van der Waals surface area contributed by atoms with Crippen molar-refractivity contribution in [3.63, 3.8) is 0 Å². The zero-order chi connectivity index (χ0) is 22.0. The number of halogens is 1. The van der Waals surface area contributed by atoms with E-state index in [1.165, 1.54) is 0 Å². The van der Waals surface area contributed by atoms with Crippen LogP contribution in [-0.4, -0.2) is 27.2 Å². The van der Waals surface area contributed by atoms with E-state index in [2.05, 4.69) is 10.3 Å². The molecule has 4 rings (SSSR count). The summed E-state index contributed by atoms with van der Waals surface area (Å²) >= 11 is 6.38. The average Bonchev–Trinajstić information content (AvgIpc) is 3.17. The third-order valence-corrected chi connectivity index (χ3v) is 5.81. The van der Waals surface area contributed by atoms with Crippen molar-refractivity contribution in [3.8, 4) is 5.75 Å². The third kappa shape index (κ3) is 4.42. The molecule has 1 unspecified atom stereocenters. The van der Waals surface area contributed by atoms with Crippen LogP contribution in [0.5, 0.6) is 5.75 Å². The number of aliphatic hydroxyl groups excluding tert-OH is 1. The van der Waals surface area contributed by atoms with E-state index in [0.29, 0.717) is 18.2 Å². The van der Waals surface area contributed by atoms with E-state index in [4.69, 9.17) is 21.1 Å². The van der Waals surface area contributed by atoms with Gasteiger partial charge in [-0.3, -0.25) is 0 Å². The molecule has 160 valence electrons. The summed E-state index contributed by atoms with van der Waals surface area (Å²) in [4.78, 5) is 0. The van der Waals surface area contributed by atoms with Crippen LogP contribution in [0.1, 0.15) is 33.9 Å². The highest BCUT2D eigenvalue weighted by atomic mass is 35.5.